The first-order chi connectivity index (χ1) is 9.74. The fraction of sp³-hybridized carbons (Fsp3) is 0.875. The van der Waals surface area contributed by atoms with Crippen LogP contribution < -0.4 is 11.1 Å². The zero-order valence-corrected chi connectivity index (χ0v) is 13.9. The Morgan fingerprint density at radius 2 is 1.95 bits per heavy atom. The Labute approximate surface area is 128 Å². The van der Waals surface area contributed by atoms with Gasteiger partial charge in [0.1, 0.15) is 0 Å². The van der Waals surface area contributed by atoms with Gasteiger partial charge in [-0.3, -0.25) is 9.59 Å². The lowest BCUT2D eigenvalue weighted by Crippen LogP contribution is -2.19. The third kappa shape index (κ3) is 11.3. The molecule has 0 aromatic carbocycles. The van der Waals surface area contributed by atoms with Crippen molar-refractivity contribution in [2.75, 3.05) is 13.1 Å². The van der Waals surface area contributed by atoms with Gasteiger partial charge in [0.05, 0.1) is 0 Å². The van der Waals surface area contributed by atoms with Crippen molar-refractivity contribution in [2.24, 2.45) is 29.4 Å². The third-order valence-corrected chi connectivity index (χ3v) is 3.47. The molecule has 0 spiro atoms. The first-order valence-corrected chi connectivity index (χ1v) is 7.93. The van der Waals surface area contributed by atoms with Crippen LogP contribution in [-0.4, -0.2) is 30.1 Å². The van der Waals surface area contributed by atoms with E-state index in [1.165, 1.54) is 6.42 Å². The Hall–Kier alpha value is -1.10. The van der Waals surface area contributed by atoms with Crippen LogP contribution in [0.25, 0.3) is 0 Å². The van der Waals surface area contributed by atoms with E-state index in [0.717, 1.165) is 25.3 Å². The summed E-state index contributed by atoms with van der Waals surface area (Å²) in [5.74, 6) is 1.48. The van der Waals surface area contributed by atoms with Gasteiger partial charge < -0.3 is 16.2 Å². The van der Waals surface area contributed by atoms with E-state index in [9.17, 15) is 9.59 Å². The Kier molecular flexibility index (Phi) is 10.0. The second kappa shape index (κ2) is 10.6. The monoisotopic (exact) mass is 300 g/mol. The molecule has 0 radical (unpaired) electrons. The van der Waals surface area contributed by atoms with Crippen LogP contribution in [0.4, 0.5) is 0 Å². The summed E-state index contributed by atoms with van der Waals surface area (Å²) in [6.07, 6.45) is 3.04. The number of hydrogen-bond acceptors (Lipinski definition) is 3. The predicted molar refractivity (Wildman–Crippen MR) is 84.8 cm³/mol. The molecule has 1 saturated heterocycles. The van der Waals surface area contributed by atoms with Crippen molar-refractivity contribution in [2.45, 2.75) is 53.4 Å². The molecule has 0 aromatic rings. The molecule has 1 aliphatic heterocycles. The minimum absolute atomic E-state index is 0.146. The zero-order chi connectivity index (χ0) is 16.4. The standard InChI is InChI=1S/C8H17NO2.C8H15NO/c1-6(2)3-7(5-9)4-8(10)11;1-6(2)3-7-4-8(10)9-5-7/h6-7H,3-5,9H2,1-2H3,(H,10,11);6-7H,3-5H2,1-2H3,(H,9,10)/t2*7-/m00/s1. The van der Waals surface area contributed by atoms with Crippen LogP contribution in [0.15, 0.2) is 0 Å². The molecule has 0 bridgehead atoms. The van der Waals surface area contributed by atoms with Crippen molar-refractivity contribution >= 4 is 11.9 Å². The third-order valence-electron chi connectivity index (χ3n) is 3.47. The lowest BCUT2D eigenvalue weighted by atomic mass is 9.94. The van der Waals surface area contributed by atoms with E-state index in [0.29, 0.717) is 18.4 Å². The van der Waals surface area contributed by atoms with E-state index < -0.39 is 5.97 Å². The average Bonchev–Trinajstić information content (AvgIpc) is 2.72. The molecule has 0 aromatic heterocycles. The zero-order valence-electron chi connectivity index (χ0n) is 13.9. The second-order valence-electron chi connectivity index (χ2n) is 6.83. The summed E-state index contributed by atoms with van der Waals surface area (Å²) in [5, 5.41) is 11.3. The van der Waals surface area contributed by atoms with Crippen molar-refractivity contribution in [3.63, 3.8) is 0 Å². The van der Waals surface area contributed by atoms with Crippen molar-refractivity contribution in [3.05, 3.63) is 0 Å². The topological polar surface area (TPSA) is 92.4 Å². The maximum atomic E-state index is 10.7. The number of aliphatic carboxylic acids is 1. The van der Waals surface area contributed by atoms with Gasteiger partial charge in [0.15, 0.2) is 0 Å². The molecule has 0 aliphatic carbocycles. The van der Waals surface area contributed by atoms with Crippen LogP contribution in [0.3, 0.4) is 0 Å². The Morgan fingerprint density at radius 1 is 1.33 bits per heavy atom. The van der Waals surface area contributed by atoms with Gasteiger partial charge in [-0.25, -0.2) is 0 Å². The highest BCUT2D eigenvalue weighted by Crippen LogP contribution is 2.18. The number of hydrogen-bond donors (Lipinski definition) is 3. The maximum Gasteiger partial charge on any atom is 0.303 e. The summed E-state index contributed by atoms with van der Waals surface area (Å²) < 4.78 is 0. The normalized spacial score (nSPS) is 19.2. The summed E-state index contributed by atoms with van der Waals surface area (Å²) in [7, 11) is 0. The number of amides is 1. The Bertz CT molecular complexity index is 317. The molecule has 0 unspecified atom stereocenters. The number of carboxylic acid groups (broad SMARTS) is 1. The number of carboxylic acids is 1. The number of nitrogens with one attached hydrogen (secondary N) is 1. The molecular formula is C16H32N2O3. The molecule has 1 rings (SSSR count). The molecule has 1 amide bonds. The average molecular weight is 300 g/mol. The van der Waals surface area contributed by atoms with Gasteiger partial charge in [0.2, 0.25) is 5.91 Å². The summed E-state index contributed by atoms with van der Waals surface area (Å²) in [4.78, 5) is 21.0. The van der Waals surface area contributed by atoms with Gasteiger partial charge in [-0.2, -0.15) is 0 Å². The number of carbonyl (C=O) groups excluding carboxylic acids is 1. The van der Waals surface area contributed by atoms with E-state index in [-0.39, 0.29) is 18.2 Å². The largest absolute Gasteiger partial charge is 0.481 e. The highest BCUT2D eigenvalue weighted by molar-refractivity contribution is 5.78. The quantitative estimate of drug-likeness (QED) is 0.672. The highest BCUT2D eigenvalue weighted by atomic mass is 16.4. The molecular weight excluding hydrogens is 268 g/mol. The molecule has 0 saturated carbocycles. The lowest BCUT2D eigenvalue weighted by molar-refractivity contribution is -0.138. The number of nitrogens with two attached hydrogens (primary N) is 1. The highest BCUT2D eigenvalue weighted by Gasteiger charge is 2.21. The number of carbonyl (C=O) groups is 2. The molecule has 5 heteroatoms. The van der Waals surface area contributed by atoms with Crippen LogP contribution in [-0.2, 0) is 9.59 Å². The second-order valence-corrected chi connectivity index (χ2v) is 6.83. The van der Waals surface area contributed by atoms with Crippen molar-refractivity contribution in [1.29, 1.82) is 0 Å². The molecule has 1 heterocycles. The molecule has 1 fully saturated rings. The van der Waals surface area contributed by atoms with Gasteiger partial charge in [0, 0.05) is 19.4 Å². The van der Waals surface area contributed by atoms with Gasteiger partial charge in [-0.15, -0.1) is 0 Å². The molecule has 5 nitrogen and oxygen atoms in total. The lowest BCUT2D eigenvalue weighted by Gasteiger charge is -2.13. The van der Waals surface area contributed by atoms with Crippen LogP contribution in [0, 0.1) is 23.7 Å². The minimum Gasteiger partial charge on any atom is -0.481 e. The van der Waals surface area contributed by atoms with Crippen molar-refractivity contribution < 1.29 is 14.7 Å². The maximum absolute atomic E-state index is 10.7. The molecule has 4 N–H and O–H groups in total. The predicted octanol–water partition coefficient (Wildman–Crippen LogP) is 2.25. The van der Waals surface area contributed by atoms with E-state index in [1.807, 2.05) is 0 Å². The van der Waals surface area contributed by atoms with Gasteiger partial charge in [-0.1, -0.05) is 27.7 Å². The summed E-state index contributed by atoms with van der Waals surface area (Å²) in [5.41, 5.74) is 5.41. The van der Waals surface area contributed by atoms with E-state index in [1.54, 1.807) is 0 Å². The first-order valence-electron chi connectivity index (χ1n) is 7.93. The van der Waals surface area contributed by atoms with E-state index >= 15 is 0 Å². The van der Waals surface area contributed by atoms with Crippen LogP contribution in [0.2, 0.25) is 0 Å². The SMILES string of the molecule is CC(C)C[C@@H]1CNC(=O)C1.CC(C)C[C@H](CN)CC(=O)O. The minimum atomic E-state index is -0.749. The first kappa shape index (κ1) is 19.9. The Balaban J connectivity index is 0.000000382. The van der Waals surface area contributed by atoms with Gasteiger partial charge in [0.25, 0.3) is 0 Å². The summed E-state index contributed by atoms with van der Waals surface area (Å²) in [6, 6.07) is 0. The molecule has 21 heavy (non-hydrogen) atoms. The summed E-state index contributed by atoms with van der Waals surface area (Å²) in [6.45, 7) is 9.92. The van der Waals surface area contributed by atoms with Crippen LogP contribution in [0.5, 0.6) is 0 Å². The van der Waals surface area contributed by atoms with Crippen molar-refractivity contribution in [1.82, 2.24) is 5.32 Å². The van der Waals surface area contributed by atoms with E-state index in [4.69, 9.17) is 10.8 Å². The van der Waals surface area contributed by atoms with Gasteiger partial charge >= 0.3 is 5.97 Å². The molecule has 124 valence electrons. The van der Waals surface area contributed by atoms with Crippen LogP contribution >= 0.6 is 0 Å². The molecule has 1 aliphatic rings. The molecule has 2 atom stereocenters. The summed E-state index contributed by atoms with van der Waals surface area (Å²) >= 11 is 0. The Morgan fingerprint density at radius 3 is 2.29 bits per heavy atom. The van der Waals surface area contributed by atoms with Gasteiger partial charge in [-0.05, 0) is 43.1 Å². The number of rotatable bonds is 7. The fourth-order valence-electron chi connectivity index (χ4n) is 2.67. The fourth-order valence-corrected chi connectivity index (χ4v) is 2.67. The van der Waals surface area contributed by atoms with Crippen LogP contribution in [0.1, 0.15) is 53.4 Å². The smallest absolute Gasteiger partial charge is 0.303 e. The van der Waals surface area contributed by atoms with Crippen molar-refractivity contribution in [3.8, 4) is 0 Å². The van der Waals surface area contributed by atoms with E-state index in [2.05, 4.69) is 33.0 Å².